The summed E-state index contributed by atoms with van der Waals surface area (Å²) in [5.74, 6) is 1.46. The summed E-state index contributed by atoms with van der Waals surface area (Å²) in [6.45, 7) is 3.21. The van der Waals surface area contributed by atoms with Gasteiger partial charge in [0.1, 0.15) is 6.33 Å². The number of piperidine rings is 1. The van der Waals surface area contributed by atoms with Crippen LogP contribution in [0.25, 0.3) is 0 Å². The molecule has 0 aliphatic carbocycles. The van der Waals surface area contributed by atoms with Gasteiger partial charge in [-0.1, -0.05) is 0 Å². The molecule has 1 saturated heterocycles. The molecule has 5 heteroatoms. The number of hydrogen-bond donors (Lipinski definition) is 2. The van der Waals surface area contributed by atoms with E-state index in [-0.39, 0.29) is 0 Å². The van der Waals surface area contributed by atoms with Crippen molar-refractivity contribution in [3.63, 3.8) is 0 Å². The Kier molecular flexibility index (Phi) is 3.24. The van der Waals surface area contributed by atoms with E-state index in [9.17, 15) is 0 Å². The van der Waals surface area contributed by atoms with Gasteiger partial charge in [0.2, 0.25) is 0 Å². The highest BCUT2D eigenvalue weighted by atomic mass is 15.2. The van der Waals surface area contributed by atoms with Crippen LogP contribution < -0.4 is 10.6 Å². The summed E-state index contributed by atoms with van der Waals surface area (Å²) in [4.78, 5) is 3.90. The maximum absolute atomic E-state index is 3.92. The number of hydrogen-bond acceptors (Lipinski definition) is 5. The smallest absolute Gasteiger partial charge is 0.167 e. The Labute approximate surface area is 83.3 Å². The van der Waals surface area contributed by atoms with Crippen molar-refractivity contribution in [3.05, 3.63) is 12.5 Å². The van der Waals surface area contributed by atoms with Gasteiger partial charge in [0.05, 0.1) is 6.20 Å². The third-order valence-corrected chi connectivity index (χ3v) is 2.45. The van der Waals surface area contributed by atoms with Crippen molar-refractivity contribution >= 4 is 5.82 Å². The summed E-state index contributed by atoms with van der Waals surface area (Å²) in [6.07, 6.45) is 5.69. The molecule has 2 N–H and O–H groups in total. The van der Waals surface area contributed by atoms with Crippen LogP contribution in [0.2, 0.25) is 0 Å². The zero-order valence-electron chi connectivity index (χ0n) is 8.11. The van der Waals surface area contributed by atoms with Crippen LogP contribution in [-0.4, -0.2) is 34.8 Å². The molecule has 14 heavy (non-hydrogen) atoms. The highest BCUT2D eigenvalue weighted by molar-refractivity contribution is 5.28. The summed E-state index contributed by atoms with van der Waals surface area (Å²) in [7, 11) is 0. The topological polar surface area (TPSA) is 62.7 Å². The number of nitrogens with one attached hydrogen (secondary N) is 2. The van der Waals surface area contributed by atoms with E-state index in [1.54, 1.807) is 6.20 Å². The van der Waals surface area contributed by atoms with E-state index in [1.165, 1.54) is 19.2 Å². The van der Waals surface area contributed by atoms with Gasteiger partial charge in [-0.25, -0.2) is 4.98 Å². The number of anilines is 1. The molecule has 1 fully saturated rings. The number of aromatic nitrogens is 3. The van der Waals surface area contributed by atoms with E-state index in [4.69, 9.17) is 0 Å². The second-order valence-corrected chi connectivity index (χ2v) is 3.59. The van der Waals surface area contributed by atoms with Gasteiger partial charge >= 0.3 is 0 Å². The average molecular weight is 193 g/mol. The lowest BCUT2D eigenvalue weighted by molar-refractivity contribution is 0.392. The highest BCUT2D eigenvalue weighted by Gasteiger charge is 2.12. The van der Waals surface area contributed by atoms with Crippen LogP contribution in [0.5, 0.6) is 0 Å². The fourth-order valence-corrected chi connectivity index (χ4v) is 1.68. The lowest BCUT2D eigenvalue weighted by Gasteiger charge is -2.22. The molecule has 1 aromatic heterocycles. The van der Waals surface area contributed by atoms with Crippen molar-refractivity contribution in [3.8, 4) is 0 Å². The summed E-state index contributed by atoms with van der Waals surface area (Å²) in [6, 6.07) is 0. The van der Waals surface area contributed by atoms with Gasteiger partial charge in [-0.05, 0) is 31.8 Å². The summed E-state index contributed by atoms with van der Waals surface area (Å²) in [5, 5.41) is 14.2. The van der Waals surface area contributed by atoms with Gasteiger partial charge in [-0.3, -0.25) is 0 Å². The molecule has 0 amide bonds. The molecule has 0 aromatic carbocycles. The molecule has 1 aromatic rings. The monoisotopic (exact) mass is 193 g/mol. The quantitative estimate of drug-likeness (QED) is 0.722. The molecule has 1 aliphatic rings. The zero-order chi connectivity index (χ0) is 9.64. The fraction of sp³-hybridized carbons (Fsp3) is 0.667. The molecule has 1 atom stereocenters. The van der Waals surface area contributed by atoms with E-state index in [0.29, 0.717) is 5.92 Å². The van der Waals surface area contributed by atoms with Crippen LogP contribution >= 0.6 is 0 Å². The molecule has 0 saturated carbocycles. The molecule has 76 valence electrons. The van der Waals surface area contributed by atoms with Gasteiger partial charge in [-0.2, -0.15) is 0 Å². The molecule has 0 spiro atoms. The van der Waals surface area contributed by atoms with Crippen LogP contribution in [0.4, 0.5) is 5.82 Å². The molecule has 2 heterocycles. The molecular weight excluding hydrogens is 178 g/mol. The van der Waals surface area contributed by atoms with E-state index < -0.39 is 0 Å². The van der Waals surface area contributed by atoms with E-state index in [0.717, 1.165) is 25.5 Å². The Morgan fingerprint density at radius 3 is 3.29 bits per heavy atom. The molecule has 0 radical (unpaired) electrons. The summed E-state index contributed by atoms with van der Waals surface area (Å²) >= 11 is 0. The minimum Gasteiger partial charge on any atom is -0.367 e. The number of rotatable bonds is 3. The van der Waals surface area contributed by atoms with Crippen molar-refractivity contribution in [2.45, 2.75) is 12.8 Å². The SMILES string of the molecule is c1ncc(NCC2CCCNC2)nn1. The lowest BCUT2D eigenvalue weighted by Crippen LogP contribution is -2.33. The predicted molar refractivity (Wildman–Crippen MR) is 53.9 cm³/mol. The highest BCUT2D eigenvalue weighted by Crippen LogP contribution is 2.10. The Morgan fingerprint density at radius 2 is 2.57 bits per heavy atom. The zero-order valence-corrected chi connectivity index (χ0v) is 8.11. The average Bonchev–Trinajstić information content (AvgIpc) is 2.29. The van der Waals surface area contributed by atoms with Gasteiger partial charge in [-0.15, -0.1) is 10.2 Å². The predicted octanol–water partition coefficient (Wildman–Crippen LogP) is 0.283. The molecule has 0 bridgehead atoms. The third kappa shape index (κ3) is 2.63. The summed E-state index contributed by atoms with van der Waals surface area (Å²) in [5.41, 5.74) is 0. The van der Waals surface area contributed by atoms with Gasteiger partial charge in [0.15, 0.2) is 5.82 Å². The van der Waals surface area contributed by atoms with Crippen LogP contribution in [-0.2, 0) is 0 Å². The lowest BCUT2D eigenvalue weighted by atomic mass is 10.00. The molecule has 2 rings (SSSR count). The Hall–Kier alpha value is -1.23. The molecule has 1 unspecified atom stereocenters. The second kappa shape index (κ2) is 4.85. The maximum atomic E-state index is 3.92. The number of nitrogens with zero attached hydrogens (tertiary/aromatic N) is 3. The minimum atomic E-state index is 0.700. The first-order valence-corrected chi connectivity index (χ1v) is 5.02. The first kappa shape index (κ1) is 9.33. The fourth-order valence-electron chi connectivity index (χ4n) is 1.68. The maximum Gasteiger partial charge on any atom is 0.167 e. The van der Waals surface area contributed by atoms with Crippen LogP contribution in [0, 0.1) is 5.92 Å². The van der Waals surface area contributed by atoms with Crippen molar-refractivity contribution in [1.29, 1.82) is 0 Å². The van der Waals surface area contributed by atoms with Crippen molar-refractivity contribution in [2.75, 3.05) is 25.0 Å². The first-order valence-electron chi connectivity index (χ1n) is 5.02. The van der Waals surface area contributed by atoms with E-state index in [2.05, 4.69) is 25.8 Å². The normalized spacial score (nSPS) is 21.9. The van der Waals surface area contributed by atoms with Crippen molar-refractivity contribution in [2.24, 2.45) is 5.92 Å². The minimum absolute atomic E-state index is 0.700. The largest absolute Gasteiger partial charge is 0.367 e. The molecule has 1 aliphatic heterocycles. The van der Waals surface area contributed by atoms with E-state index in [1.807, 2.05) is 0 Å². The second-order valence-electron chi connectivity index (χ2n) is 3.59. The van der Waals surface area contributed by atoms with Gasteiger partial charge in [0.25, 0.3) is 0 Å². The Balaban J connectivity index is 1.76. The standard InChI is InChI=1S/C9H15N5/c1-2-8(4-10-3-1)5-12-9-6-11-7-13-14-9/h6-8,10H,1-5H2,(H,12,14). The Morgan fingerprint density at radius 1 is 1.57 bits per heavy atom. The van der Waals surface area contributed by atoms with Crippen LogP contribution in [0.15, 0.2) is 12.5 Å². The van der Waals surface area contributed by atoms with Gasteiger partial charge < -0.3 is 10.6 Å². The first-order chi connectivity index (χ1) is 6.95. The van der Waals surface area contributed by atoms with Crippen molar-refractivity contribution in [1.82, 2.24) is 20.5 Å². The van der Waals surface area contributed by atoms with Crippen LogP contribution in [0.1, 0.15) is 12.8 Å². The summed E-state index contributed by atoms with van der Waals surface area (Å²) < 4.78 is 0. The third-order valence-electron chi connectivity index (χ3n) is 2.45. The van der Waals surface area contributed by atoms with Gasteiger partial charge in [0, 0.05) is 6.54 Å². The molecular formula is C9H15N5. The van der Waals surface area contributed by atoms with E-state index >= 15 is 0 Å². The Bertz CT molecular complexity index is 257. The van der Waals surface area contributed by atoms with Crippen molar-refractivity contribution < 1.29 is 0 Å². The molecule has 5 nitrogen and oxygen atoms in total. The van der Waals surface area contributed by atoms with Crippen LogP contribution in [0.3, 0.4) is 0 Å².